The maximum Gasteiger partial charge on any atom is 0.241 e. The molecule has 0 aliphatic carbocycles. The third-order valence-electron chi connectivity index (χ3n) is 6.04. The molecule has 168 valence electrons. The number of para-hydroxylation sites is 1. The maximum absolute atomic E-state index is 13.2. The molecule has 1 aliphatic rings. The van der Waals surface area contributed by atoms with Gasteiger partial charge >= 0.3 is 0 Å². The first-order valence-corrected chi connectivity index (χ1v) is 12.1. The summed E-state index contributed by atoms with van der Waals surface area (Å²) in [7, 11) is 4.03. The molecule has 8 heteroatoms. The van der Waals surface area contributed by atoms with Crippen molar-refractivity contribution in [1.82, 2.24) is 19.6 Å². The lowest BCUT2D eigenvalue weighted by atomic mass is 10.1. The van der Waals surface area contributed by atoms with Crippen LogP contribution in [-0.4, -0.2) is 45.3 Å². The molecule has 5 aromatic rings. The number of carbonyl (C=O) groups excluding carboxylic acids is 1. The van der Waals surface area contributed by atoms with E-state index < -0.39 is 0 Å². The lowest BCUT2D eigenvalue weighted by Crippen LogP contribution is -2.30. The van der Waals surface area contributed by atoms with Crippen molar-refractivity contribution >= 4 is 45.9 Å². The number of thioether (sulfide) groups is 1. The molecule has 7 nitrogen and oxygen atoms in total. The first kappa shape index (κ1) is 20.7. The zero-order valence-corrected chi connectivity index (χ0v) is 19.6. The number of anilines is 2. The lowest BCUT2D eigenvalue weighted by molar-refractivity contribution is -0.115. The molecule has 1 atom stereocenters. The molecular formula is C26H22N6OS. The molecular weight excluding hydrogens is 444 g/mol. The molecule has 0 radical (unpaired) electrons. The van der Waals surface area contributed by atoms with Crippen LogP contribution >= 0.6 is 11.8 Å². The topological polar surface area (TPSA) is 66.6 Å². The van der Waals surface area contributed by atoms with Gasteiger partial charge in [-0.05, 0) is 29.8 Å². The van der Waals surface area contributed by atoms with Gasteiger partial charge in [-0.15, -0.1) is 22.0 Å². The van der Waals surface area contributed by atoms with E-state index in [1.807, 2.05) is 73.1 Å². The molecule has 2 aromatic heterocycles. The standard InChI is InChI=1S/C26H22N6OS/c1-30(2)19-14-12-18(13-15-19)25-31(22(33)16-34-25)26-29-28-24-20-10-6-7-11-21(20)27-23(32(24)26)17-8-4-3-5-9-17/h3-15,25H,16H2,1-2H3. The largest absolute Gasteiger partial charge is 0.378 e. The van der Waals surface area contributed by atoms with E-state index in [0.29, 0.717) is 23.2 Å². The number of hydrogen-bond donors (Lipinski definition) is 0. The SMILES string of the molecule is CN(C)c1ccc(C2SCC(=O)N2c2nnc3c4ccccc4nc(-c4ccccc4)n23)cc1. The summed E-state index contributed by atoms with van der Waals surface area (Å²) in [5.41, 5.74) is 4.62. The van der Waals surface area contributed by atoms with E-state index in [1.165, 1.54) is 0 Å². The molecule has 0 spiro atoms. The summed E-state index contributed by atoms with van der Waals surface area (Å²) in [6.07, 6.45) is 0. The van der Waals surface area contributed by atoms with Gasteiger partial charge in [-0.2, -0.15) is 0 Å². The third-order valence-corrected chi connectivity index (χ3v) is 7.25. The predicted molar refractivity (Wildman–Crippen MR) is 137 cm³/mol. The molecule has 34 heavy (non-hydrogen) atoms. The zero-order valence-electron chi connectivity index (χ0n) is 18.8. The van der Waals surface area contributed by atoms with Crippen LogP contribution in [0, 0.1) is 0 Å². The van der Waals surface area contributed by atoms with Crippen molar-refractivity contribution in [2.24, 2.45) is 0 Å². The van der Waals surface area contributed by atoms with Crippen molar-refractivity contribution in [2.75, 3.05) is 29.6 Å². The van der Waals surface area contributed by atoms with Crippen LogP contribution in [0.1, 0.15) is 10.9 Å². The fourth-order valence-electron chi connectivity index (χ4n) is 4.33. The molecule has 1 aliphatic heterocycles. The van der Waals surface area contributed by atoms with Crippen molar-refractivity contribution in [3.05, 3.63) is 84.4 Å². The summed E-state index contributed by atoms with van der Waals surface area (Å²) < 4.78 is 1.92. The Labute approximate surface area is 201 Å². The van der Waals surface area contributed by atoms with Gasteiger partial charge in [-0.1, -0.05) is 54.6 Å². The second kappa shape index (κ2) is 8.14. The van der Waals surface area contributed by atoms with Gasteiger partial charge in [0.05, 0.1) is 11.3 Å². The number of nitrogens with zero attached hydrogens (tertiary/aromatic N) is 6. The highest BCUT2D eigenvalue weighted by Crippen LogP contribution is 2.42. The van der Waals surface area contributed by atoms with E-state index in [0.717, 1.165) is 27.7 Å². The molecule has 1 unspecified atom stereocenters. The van der Waals surface area contributed by atoms with Crippen molar-refractivity contribution < 1.29 is 4.79 Å². The fraction of sp³-hybridized carbons (Fsp3) is 0.154. The Balaban J connectivity index is 1.56. The molecule has 1 amide bonds. The summed E-state index contributed by atoms with van der Waals surface area (Å²) in [5.74, 6) is 1.59. The van der Waals surface area contributed by atoms with Gasteiger partial charge in [0.15, 0.2) is 5.65 Å². The van der Waals surface area contributed by atoms with Crippen LogP contribution in [0.4, 0.5) is 11.6 Å². The number of rotatable bonds is 4. The monoisotopic (exact) mass is 466 g/mol. The molecule has 1 saturated heterocycles. The highest BCUT2D eigenvalue weighted by molar-refractivity contribution is 8.00. The Morgan fingerprint density at radius 2 is 1.65 bits per heavy atom. The average molecular weight is 467 g/mol. The van der Waals surface area contributed by atoms with Crippen LogP contribution < -0.4 is 9.80 Å². The van der Waals surface area contributed by atoms with Gasteiger partial charge in [-0.3, -0.25) is 9.69 Å². The van der Waals surface area contributed by atoms with E-state index in [4.69, 9.17) is 4.98 Å². The van der Waals surface area contributed by atoms with Crippen LogP contribution in [0.15, 0.2) is 78.9 Å². The fourth-order valence-corrected chi connectivity index (χ4v) is 5.48. The Bertz CT molecular complexity index is 1510. The van der Waals surface area contributed by atoms with Crippen molar-refractivity contribution in [2.45, 2.75) is 5.37 Å². The summed E-state index contributed by atoms with van der Waals surface area (Å²) in [4.78, 5) is 22.0. The van der Waals surface area contributed by atoms with Gasteiger partial charge in [0.2, 0.25) is 11.9 Å². The van der Waals surface area contributed by atoms with E-state index in [2.05, 4.69) is 39.4 Å². The van der Waals surface area contributed by atoms with Crippen LogP contribution in [0.2, 0.25) is 0 Å². The predicted octanol–water partition coefficient (Wildman–Crippen LogP) is 4.79. The first-order valence-electron chi connectivity index (χ1n) is 11.0. The van der Waals surface area contributed by atoms with Gasteiger partial charge in [0, 0.05) is 30.7 Å². The number of fused-ring (bicyclic) bond motifs is 3. The van der Waals surface area contributed by atoms with Crippen LogP contribution in [0.5, 0.6) is 0 Å². The number of aromatic nitrogens is 4. The van der Waals surface area contributed by atoms with Crippen LogP contribution in [-0.2, 0) is 4.79 Å². The van der Waals surface area contributed by atoms with Crippen molar-refractivity contribution in [1.29, 1.82) is 0 Å². The molecule has 1 fully saturated rings. The van der Waals surface area contributed by atoms with Crippen molar-refractivity contribution in [3.63, 3.8) is 0 Å². The Hall–Kier alpha value is -3.91. The average Bonchev–Trinajstić information content (AvgIpc) is 3.48. The minimum Gasteiger partial charge on any atom is -0.378 e. The third kappa shape index (κ3) is 3.30. The molecule has 3 heterocycles. The summed E-state index contributed by atoms with van der Waals surface area (Å²) >= 11 is 1.60. The number of carbonyl (C=O) groups is 1. The van der Waals surface area contributed by atoms with Crippen molar-refractivity contribution in [3.8, 4) is 11.4 Å². The molecule has 6 rings (SSSR count). The van der Waals surface area contributed by atoms with Gasteiger partial charge < -0.3 is 4.90 Å². The maximum atomic E-state index is 13.2. The second-order valence-electron chi connectivity index (χ2n) is 8.39. The van der Waals surface area contributed by atoms with Crippen LogP contribution in [0.25, 0.3) is 27.9 Å². The highest BCUT2D eigenvalue weighted by Gasteiger charge is 2.37. The summed E-state index contributed by atoms with van der Waals surface area (Å²) in [6, 6.07) is 26.2. The van der Waals surface area contributed by atoms with E-state index >= 15 is 0 Å². The second-order valence-corrected chi connectivity index (χ2v) is 9.46. The van der Waals surface area contributed by atoms with Gasteiger partial charge in [-0.25, -0.2) is 9.38 Å². The number of benzene rings is 3. The highest BCUT2D eigenvalue weighted by atomic mass is 32.2. The lowest BCUT2D eigenvalue weighted by Gasteiger charge is -2.23. The number of amides is 1. The Morgan fingerprint density at radius 1 is 0.912 bits per heavy atom. The molecule has 0 saturated carbocycles. The molecule has 0 bridgehead atoms. The van der Waals surface area contributed by atoms with Crippen LogP contribution in [0.3, 0.4) is 0 Å². The van der Waals surface area contributed by atoms with Gasteiger partial charge in [0.1, 0.15) is 11.2 Å². The minimum absolute atomic E-state index is 0.00755. The zero-order chi connectivity index (χ0) is 23.2. The smallest absolute Gasteiger partial charge is 0.241 e. The Kier molecular flexibility index (Phi) is 4.95. The first-order chi connectivity index (χ1) is 16.6. The Morgan fingerprint density at radius 3 is 2.41 bits per heavy atom. The molecule has 3 aromatic carbocycles. The molecule has 0 N–H and O–H groups in total. The summed E-state index contributed by atoms with van der Waals surface area (Å²) in [6.45, 7) is 0. The quantitative estimate of drug-likeness (QED) is 0.379. The summed E-state index contributed by atoms with van der Waals surface area (Å²) in [5, 5.41) is 9.79. The minimum atomic E-state index is -0.189. The van der Waals surface area contributed by atoms with E-state index in [-0.39, 0.29) is 11.3 Å². The normalized spacial score (nSPS) is 16.0. The van der Waals surface area contributed by atoms with E-state index in [9.17, 15) is 4.79 Å². The number of hydrogen-bond acceptors (Lipinski definition) is 6. The van der Waals surface area contributed by atoms with E-state index in [1.54, 1.807) is 16.7 Å². The van der Waals surface area contributed by atoms with Gasteiger partial charge in [0.25, 0.3) is 0 Å².